The van der Waals surface area contributed by atoms with Crippen LogP contribution in [0.15, 0.2) is 79.3 Å². The number of hydrogen-bond donors (Lipinski definition) is 0. The van der Waals surface area contributed by atoms with Crippen molar-refractivity contribution in [2.24, 2.45) is 0 Å². The molecule has 4 nitrogen and oxygen atoms in total. The van der Waals surface area contributed by atoms with Gasteiger partial charge in [0, 0.05) is 29.7 Å². The van der Waals surface area contributed by atoms with Gasteiger partial charge in [0.05, 0.1) is 6.04 Å². The zero-order valence-electron chi connectivity index (χ0n) is 16.9. The van der Waals surface area contributed by atoms with Gasteiger partial charge in [-0.15, -0.1) is 0 Å². The highest BCUT2D eigenvalue weighted by Crippen LogP contribution is 2.40. The normalized spacial score (nSPS) is 15.6. The van der Waals surface area contributed by atoms with Gasteiger partial charge in [-0.2, -0.15) is 0 Å². The highest BCUT2D eigenvalue weighted by Gasteiger charge is 2.39. The molecule has 2 aromatic heterocycles. The molecule has 0 N–H and O–H groups in total. The Labute approximate surface area is 171 Å². The largest absolute Gasteiger partial charge is 0.278 e. The van der Waals surface area contributed by atoms with Crippen molar-refractivity contribution in [1.29, 1.82) is 0 Å². The molecule has 4 aromatic rings. The molecule has 0 aliphatic carbocycles. The number of aryl methyl sites for hydroxylation is 3. The van der Waals surface area contributed by atoms with Gasteiger partial charge in [0.1, 0.15) is 0 Å². The van der Waals surface area contributed by atoms with Crippen molar-refractivity contribution in [2.45, 2.75) is 38.6 Å². The Hall–Kier alpha value is -3.27. The van der Waals surface area contributed by atoms with Crippen molar-refractivity contribution in [3.63, 3.8) is 0 Å². The summed E-state index contributed by atoms with van der Waals surface area (Å²) in [7, 11) is 0. The minimum atomic E-state index is 0.296. The number of nitrogens with zero attached hydrogens (tertiary/aromatic N) is 4. The van der Waals surface area contributed by atoms with Gasteiger partial charge >= 0.3 is 0 Å². The van der Waals surface area contributed by atoms with Crippen LogP contribution in [0.4, 0.5) is 0 Å². The van der Waals surface area contributed by atoms with Crippen LogP contribution in [0.2, 0.25) is 0 Å². The number of benzene rings is 2. The number of pyridine rings is 1. The Kier molecular flexibility index (Phi) is 4.47. The summed E-state index contributed by atoms with van der Waals surface area (Å²) >= 11 is 0. The van der Waals surface area contributed by atoms with E-state index in [1.165, 1.54) is 22.3 Å². The summed E-state index contributed by atoms with van der Waals surface area (Å²) in [6, 6.07) is 23.8. The third-order valence-corrected chi connectivity index (χ3v) is 6.09. The molecule has 3 heterocycles. The van der Waals surface area contributed by atoms with Crippen molar-refractivity contribution in [3.8, 4) is 5.82 Å². The molecule has 0 bridgehead atoms. The Balaban J connectivity index is 1.63. The van der Waals surface area contributed by atoms with Crippen LogP contribution in [0.3, 0.4) is 0 Å². The lowest BCUT2D eigenvalue weighted by Crippen LogP contribution is -2.40. The van der Waals surface area contributed by atoms with E-state index in [9.17, 15) is 0 Å². The maximum atomic E-state index is 4.84. The zero-order valence-corrected chi connectivity index (χ0v) is 16.9. The fourth-order valence-corrected chi connectivity index (χ4v) is 4.64. The molecule has 1 atom stereocenters. The highest BCUT2D eigenvalue weighted by molar-refractivity contribution is 5.41. The molecule has 0 amide bonds. The first-order valence-corrected chi connectivity index (χ1v) is 10.2. The average Bonchev–Trinajstić information content (AvgIpc) is 3.33. The molecule has 1 aliphatic heterocycles. The minimum Gasteiger partial charge on any atom is -0.230 e. The van der Waals surface area contributed by atoms with E-state index in [1.54, 1.807) is 0 Å². The molecular weight excluding hydrogens is 356 g/mol. The van der Waals surface area contributed by atoms with Crippen molar-refractivity contribution in [3.05, 3.63) is 107 Å². The third-order valence-electron chi connectivity index (χ3n) is 6.09. The molecule has 29 heavy (non-hydrogen) atoms. The monoisotopic (exact) mass is 381 g/mol. The van der Waals surface area contributed by atoms with Crippen molar-refractivity contribution < 1.29 is 4.57 Å². The van der Waals surface area contributed by atoms with E-state index in [2.05, 4.69) is 78.3 Å². The van der Waals surface area contributed by atoms with Gasteiger partial charge in [-0.1, -0.05) is 59.3 Å². The predicted octanol–water partition coefficient (Wildman–Crippen LogP) is 4.49. The van der Waals surface area contributed by atoms with E-state index in [1.807, 2.05) is 29.1 Å². The van der Waals surface area contributed by atoms with E-state index in [0.717, 1.165) is 24.5 Å². The average molecular weight is 382 g/mol. The smallest absolute Gasteiger partial charge is 0.230 e. The van der Waals surface area contributed by atoms with Crippen LogP contribution in [0.1, 0.15) is 46.5 Å². The van der Waals surface area contributed by atoms with Crippen LogP contribution in [0, 0.1) is 13.8 Å². The van der Waals surface area contributed by atoms with Crippen LogP contribution < -0.4 is 4.57 Å². The highest BCUT2D eigenvalue weighted by atomic mass is 15.4. The summed E-state index contributed by atoms with van der Waals surface area (Å²) in [5.41, 5.74) is 5.48. The molecule has 5 rings (SSSR count). The standard InChI is InChI=1S/C25H25N4/c1-18-9-3-5-11-20(18)25(21-12-6-4-10-19(21)2)22-14-15-24-27-29(17-28(22)24)23-13-7-8-16-26-23/h3-13,16-17,22,25H,14-15H2,1-2H3/q+1/t22-/m0/s1. The Morgan fingerprint density at radius 2 is 1.55 bits per heavy atom. The van der Waals surface area contributed by atoms with Gasteiger partial charge in [0.2, 0.25) is 12.1 Å². The second-order valence-corrected chi connectivity index (χ2v) is 7.87. The van der Waals surface area contributed by atoms with Crippen molar-refractivity contribution >= 4 is 0 Å². The molecule has 0 spiro atoms. The first-order valence-electron chi connectivity index (χ1n) is 10.2. The number of aromatic nitrogens is 4. The lowest BCUT2D eigenvalue weighted by molar-refractivity contribution is -0.719. The van der Waals surface area contributed by atoms with Gasteiger partial charge in [-0.3, -0.25) is 0 Å². The second kappa shape index (κ2) is 7.28. The quantitative estimate of drug-likeness (QED) is 0.488. The summed E-state index contributed by atoms with van der Waals surface area (Å²) in [6.45, 7) is 4.44. The molecule has 4 heteroatoms. The van der Waals surface area contributed by atoms with Crippen molar-refractivity contribution in [1.82, 2.24) is 14.8 Å². The molecule has 1 aliphatic rings. The van der Waals surface area contributed by atoms with E-state index in [4.69, 9.17) is 5.10 Å². The maximum Gasteiger partial charge on any atom is 0.278 e. The minimum absolute atomic E-state index is 0.296. The maximum absolute atomic E-state index is 4.84. The van der Waals surface area contributed by atoms with E-state index in [-0.39, 0.29) is 0 Å². The topological polar surface area (TPSA) is 34.6 Å². The Bertz CT molecular complexity index is 1100. The summed E-state index contributed by atoms with van der Waals surface area (Å²) in [6.07, 6.45) is 6.02. The van der Waals surface area contributed by atoms with Gasteiger partial charge in [-0.25, -0.2) is 9.55 Å². The van der Waals surface area contributed by atoms with Gasteiger partial charge in [0.25, 0.3) is 5.82 Å². The summed E-state index contributed by atoms with van der Waals surface area (Å²) in [5, 5.41) is 4.84. The van der Waals surface area contributed by atoms with Gasteiger partial charge in [-0.05, 0) is 48.6 Å². The second-order valence-electron chi connectivity index (χ2n) is 7.87. The third kappa shape index (κ3) is 3.15. The lowest BCUT2D eigenvalue weighted by Gasteiger charge is -2.26. The van der Waals surface area contributed by atoms with E-state index in [0.29, 0.717) is 12.0 Å². The zero-order chi connectivity index (χ0) is 19.8. The number of rotatable bonds is 4. The first kappa shape index (κ1) is 17.8. The summed E-state index contributed by atoms with van der Waals surface area (Å²) in [5.74, 6) is 2.29. The summed E-state index contributed by atoms with van der Waals surface area (Å²) in [4.78, 5) is 4.46. The molecule has 0 saturated carbocycles. The summed E-state index contributed by atoms with van der Waals surface area (Å²) < 4.78 is 4.28. The van der Waals surface area contributed by atoms with Crippen LogP contribution in [0.25, 0.3) is 5.82 Å². The van der Waals surface area contributed by atoms with E-state index < -0.39 is 0 Å². The molecule has 0 fully saturated rings. The number of hydrogen-bond acceptors (Lipinski definition) is 2. The first-order chi connectivity index (χ1) is 14.2. The molecule has 144 valence electrons. The van der Waals surface area contributed by atoms with Crippen LogP contribution in [-0.4, -0.2) is 14.8 Å². The van der Waals surface area contributed by atoms with Crippen LogP contribution >= 0.6 is 0 Å². The van der Waals surface area contributed by atoms with Crippen LogP contribution in [-0.2, 0) is 6.42 Å². The van der Waals surface area contributed by atoms with Crippen molar-refractivity contribution in [2.75, 3.05) is 0 Å². The van der Waals surface area contributed by atoms with Gasteiger partial charge in [0.15, 0.2) is 0 Å². The number of fused-ring (bicyclic) bond motifs is 1. The predicted molar refractivity (Wildman–Crippen MR) is 113 cm³/mol. The molecule has 0 unspecified atom stereocenters. The Morgan fingerprint density at radius 1 is 0.897 bits per heavy atom. The Morgan fingerprint density at radius 3 is 2.17 bits per heavy atom. The molecule has 0 saturated heterocycles. The molecule has 0 radical (unpaired) electrons. The fourth-order valence-electron chi connectivity index (χ4n) is 4.64. The van der Waals surface area contributed by atoms with Crippen LogP contribution in [0.5, 0.6) is 0 Å². The van der Waals surface area contributed by atoms with E-state index >= 15 is 0 Å². The SMILES string of the molecule is Cc1ccccc1C(c1ccccc1C)[C@@H]1CCc2nn(-c3ccccn3)c[n+]21. The lowest BCUT2D eigenvalue weighted by atomic mass is 9.80. The van der Waals surface area contributed by atoms with Gasteiger partial charge < -0.3 is 0 Å². The molecule has 2 aromatic carbocycles. The fraction of sp³-hybridized carbons (Fsp3) is 0.240. The molecular formula is C25H25N4+.